The molecule has 4 nitrogen and oxygen atoms in total. The Morgan fingerprint density at radius 2 is 2.22 bits per heavy atom. The Kier molecular flexibility index (Phi) is 2.86. The SMILES string of the molecule is Clc1cc2cn[nH]c2cc1OCc1ccccn1. The maximum Gasteiger partial charge on any atom is 0.140 e. The predicted octanol–water partition coefficient (Wildman–Crippen LogP) is 3.19. The molecule has 2 aromatic heterocycles. The Morgan fingerprint density at radius 1 is 1.28 bits per heavy atom. The van der Waals surface area contributed by atoms with Gasteiger partial charge < -0.3 is 4.74 Å². The summed E-state index contributed by atoms with van der Waals surface area (Å²) in [5.74, 6) is 0.624. The molecule has 90 valence electrons. The van der Waals surface area contributed by atoms with Gasteiger partial charge in [-0.2, -0.15) is 5.10 Å². The van der Waals surface area contributed by atoms with E-state index < -0.39 is 0 Å². The number of fused-ring (bicyclic) bond motifs is 1. The smallest absolute Gasteiger partial charge is 0.140 e. The lowest BCUT2D eigenvalue weighted by Crippen LogP contribution is -1.97. The van der Waals surface area contributed by atoms with Crippen molar-refractivity contribution in [2.24, 2.45) is 0 Å². The zero-order chi connectivity index (χ0) is 12.4. The topological polar surface area (TPSA) is 50.8 Å². The van der Waals surface area contributed by atoms with Crippen LogP contribution in [-0.2, 0) is 6.61 Å². The van der Waals surface area contributed by atoms with E-state index in [2.05, 4.69) is 15.2 Å². The third kappa shape index (κ3) is 2.15. The lowest BCUT2D eigenvalue weighted by atomic mass is 10.2. The molecular formula is C13H10ClN3O. The molecule has 0 aliphatic carbocycles. The maximum absolute atomic E-state index is 6.14. The largest absolute Gasteiger partial charge is 0.486 e. The van der Waals surface area contributed by atoms with Crippen LogP contribution >= 0.6 is 11.6 Å². The molecule has 0 aliphatic heterocycles. The van der Waals surface area contributed by atoms with Gasteiger partial charge in [-0.25, -0.2) is 0 Å². The first kappa shape index (κ1) is 11.0. The lowest BCUT2D eigenvalue weighted by molar-refractivity contribution is 0.302. The lowest BCUT2D eigenvalue weighted by Gasteiger charge is -2.07. The van der Waals surface area contributed by atoms with Crippen LogP contribution in [-0.4, -0.2) is 15.2 Å². The molecule has 0 bridgehead atoms. The summed E-state index contributed by atoms with van der Waals surface area (Å²) < 4.78 is 5.66. The van der Waals surface area contributed by atoms with Gasteiger partial charge in [0.15, 0.2) is 0 Å². The molecule has 0 saturated heterocycles. The maximum atomic E-state index is 6.14. The van der Waals surface area contributed by atoms with Crippen molar-refractivity contribution in [3.8, 4) is 5.75 Å². The molecule has 2 heterocycles. The molecule has 0 radical (unpaired) electrons. The van der Waals surface area contributed by atoms with Crippen molar-refractivity contribution in [3.05, 3.63) is 53.4 Å². The van der Waals surface area contributed by atoms with E-state index in [1.54, 1.807) is 12.4 Å². The summed E-state index contributed by atoms with van der Waals surface area (Å²) in [6, 6.07) is 9.36. The quantitative estimate of drug-likeness (QED) is 0.786. The number of rotatable bonds is 3. The molecule has 0 unspecified atom stereocenters. The highest BCUT2D eigenvalue weighted by Gasteiger charge is 2.06. The van der Waals surface area contributed by atoms with Crippen LogP contribution in [0.15, 0.2) is 42.7 Å². The fraction of sp³-hybridized carbons (Fsp3) is 0.0769. The summed E-state index contributed by atoms with van der Waals surface area (Å²) in [6.45, 7) is 0.389. The monoisotopic (exact) mass is 259 g/mol. The summed E-state index contributed by atoms with van der Waals surface area (Å²) in [6.07, 6.45) is 3.46. The zero-order valence-electron chi connectivity index (χ0n) is 9.43. The minimum Gasteiger partial charge on any atom is -0.486 e. The molecule has 0 aliphatic rings. The van der Waals surface area contributed by atoms with E-state index >= 15 is 0 Å². The van der Waals surface area contributed by atoms with Gasteiger partial charge in [-0.05, 0) is 18.2 Å². The highest BCUT2D eigenvalue weighted by molar-refractivity contribution is 6.32. The van der Waals surface area contributed by atoms with Crippen LogP contribution in [0.4, 0.5) is 0 Å². The number of benzene rings is 1. The first-order valence-corrected chi connectivity index (χ1v) is 5.86. The number of aromatic amines is 1. The number of aromatic nitrogens is 3. The number of halogens is 1. The molecule has 0 amide bonds. The average Bonchev–Trinajstić information content (AvgIpc) is 2.84. The van der Waals surface area contributed by atoms with Gasteiger partial charge in [-0.3, -0.25) is 10.1 Å². The first-order valence-electron chi connectivity index (χ1n) is 5.48. The van der Waals surface area contributed by atoms with Gasteiger partial charge in [-0.15, -0.1) is 0 Å². The fourth-order valence-corrected chi connectivity index (χ4v) is 1.92. The van der Waals surface area contributed by atoms with E-state index in [1.165, 1.54) is 0 Å². The van der Waals surface area contributed by atoms with Gasteiger partial charge in [0.2, 0.25) is 0 Å². The van der Waals surface area contributed by atoms with Crippen LogP contribution in [0, 0.1) is 0 Å². The summed E-state index contributed by atoms with van der Waals surface area (Å²) in [4.78, 5) is 4.19. The van der Waals surface area contributed by atoms with Crippen molar-refractivity contribution in [1.82, 2.24) is 15.2 Å². The Hall–Kier alpha value is -2.07. The number of hydrogen-bond acceptors (Lipinski definition) is 3. The summed E-state index contributed by atoms with van der Waals surface area (Å²) in [7, 11) is 0. The number of nitrogens with one attached hydrogen (secondary N) is 1. The summed E-state index contributed by atoms with van der Waals surface area (Å²) >= 11 is 6.14. The second kappa shape index (κ2) is 4.66. The van der Waals surface area contributed by atoms with Gasteiger partial charge >= 0.3 is 0 Å². The Balaban J connectivity index is 1.84. The van der Waals surface area contributed by atoms with Gasteiger partial charge in [0.25, 0.3) is 0 Å². The van der Waals surface area contributed by atoms with Crippen molar-refractivity contribution >= 4 is 22.5 Å². The van der Waals surface area contributed by atoms with Gasteiger partial charge in [0, 0.05) is 17.6 Å². The molecule has 3 rings (SSSR count). The van der Waals surface area contributed by atoms with Crippen LogP contribution in [0.2, 0.25) is 5.02 Å². The Bertz CT molecular complexity index is 666. The average molecular weight is 260 g/mol. The van der Waals surface area contributed by atoms with Gasteiger partial charge in [-0.1, -0.05) is 17.7 Å². The van der Waals surface area contributed by atoms with Crippen LogP contribution in [0.3, 0.4) is 0 Å². The Morgan fingerprint density at radius 3 is 3.06 bits per heavy atom. The zero-order valence-corrected chi connectivity index (χ0v) is 10.2. The number of hydrogen-bond donors (Lipinski definition) is 1. The van der Waals surface area contributed by atoms with E-state index in [4.69, 9.17) is 16.3 Å². The normalized spacial score (nSPS) is 10.7. The number of ether oxygens (including phenoxy) is 1. The number of pyridine rings is 1. The van der Waals surface area contributed by atoms with Gasteiger partial charge in [0.1, 0.15) is 12.4 Å². The van der Waals surface area contributed by atoms with Crippen LogP contribution in [0.1, 0.15) is 5.69 Å². The number of H-pyrrole nitrogens is 1. The molecule has 0 saturated carbocycles. The standard InChI is InChI=1S/C13H10ClN3O/c14-11-5-9-7-16-17-12(9)6-13(11)18-8-10-3-1-2-4-15-10/h1-7H,8H2,(H,16,17). The van der Waals surface area contributed by atoms with Crippen LogP contribution in [0.25, 0.3) is 10.9 Å². The highest BCUT2D eigenvalue weighted by Crippen LogP contribution is 2.29. The predicted molar refractivity (Wildman–Crippen MR) is 69.7 cm³/mol. The molecule has 0 spiro atoms. The van der Waals surface area contributed by atoms with E-state index in [9.17, 15) is 0 Å². The van der Waals surface area contributed by atoms with Crippen molar-refractivity contribution in [1.29, 1.82) is 0 Å². The molecule has 0 fully saturated rings. The molecule has 5 heteroatoms. The summed E-state index contributed by atoms with van der Waals surface area (Å²) in [5.41, 5.74) is 1.76. The third-order valence-electron chi connectivity index (χ3n) is 2.59. The minimum absolute atomic E-state index is 0.389. The molecule has 3 aromatic rings. The number of nitrogens with zero attached hydrogens (tertiary/aromatic N) is 2. The van der Waals surface area contributed by atoms with Crippen LogP contribution < -0.4 is 4.74 Å². The van der Waals surface area contributed by atoms with Crippen molar-refractivity contribution in [2.75, 3.05) is 0 Å². The van der Waals surface area contributed by atoms with Crippen molar-refractivity contribution in [3.63, 3.8) is 0 Å². The Labute approximate surface area is 109 Å². The third-order valence-corrected chi connectivity index (χ3v) is 2.89. The fourth-order valence-electron chi connectivity index (χ4n) is 1.69. The van der Waals surface area contributed by atoms with Crippen molar-refractivity contribution < 1.29 is 4.74 Å². The first-order chi connectivity index (χ1) is 8.83. The molecule has 1 aromatic carbocycles. The molecule has 18 heavy (non-hydrogen) atoms. The molecule has 1 N–H and O–H groups in total. The van der Waals surface area contributed by atoms with Gasteiger partial charge in [0.05, 0.1) is 22.4 Å². The molecular weight excluding hydrogens is 250 g/mol. The van der Waals surface area contributed by atoms with E-state index in [0.717, 1.165) is 16.6 Å². The van der Waals surface area contributed by atoms with E-state index in [-0.39, 0.29) is 0 Å². The van der Waals surface area contributed by atoms with E-state index in [1.807, 2.05) is 30.3 Å². The second-order valence-corrected chi connectivity index (χ2v) is 4.26. The van der Waals surface area contributed by atoms with Crippen molar-refractivity contribution in [2.45, 2.75) is 6.61 Å². The van der Waals surface area contributed by atoms with Crippen LogP contribution in [0.5, 0.6) is 5.75 Å². The minimum atomic E-state index is 0.389. The molecule has 0 atom stereocenters. The second-order valence-electron chi connectivity index (χ2n) is 3.85. The van der Waals surface area contributed by atoms with E-state index in [0.29, 0.717) is 17.4 Å². The summed E-state index contributed by atoms with van der Waals surface area (Å²) in [5, 5.41) is 8.36. The highest BCUT2D eigenvalue weighted by atomic mass is 35.5.